The Morgan fingerprint density at radius 1 is 1.69 bits per heavy atom. The third-order valence-corrected chi connectivity index (χ3v) is 2.44. The van der Waals surface area contributed by atoms with E-state index in [4.69, 9.17) is 9.63 Å². The maximum Gasteiger partial charge on any atom is 0.252 e. The molecular formula is C8H13N3O2. The second-order valence-electron chi connectivity index (χ2n) is 3.34. The third-order valence-electron chi connectivity index (χ3n) is 2.44. The van der Waals surface area contributed by atoms with Gasteiger partial charge in [0.05, 0.1) is 6.04 Å². The fourth-order valence-corrected chi connectivity index (χ4v) is 1.70. The number of aliphatic hydroxyl groups excluding tert-OH is 1. The molecule has 1 aliphatic heterocycles. The van der Waals surface area contributed by atoms with Crippen molar-refractivity contribution < 1.29 is 9.63 Å². The third kappa shape index (κ3) is 1.57. The van der Waals surface area contributed by atoms with Crippen molar-refractivity contribution >= 4 is 0 Å². The summed E-state index contributed by atoms with van der Waals surface area (Å²) >= 11 is 0. The molecule has 1 atom stereocenters. The second kappa shape index (κ2) is 3.43. The highest BCUT2D eigenvalue weighted by Crippen LogP contribution is 2.27. The lowest BCUT2D eigenvalue weighted by Gasteiger charge is -2.14. The van der Waals surface area contributed by atoms with Crippen LogP contribution in [0.4, 0.5) is 0 Å². The minimum atomic E-state index is -0.177. The quantitative estimate of drug-likeness (QED) is 0.715. The molecule has 1 saturated heterocycles. The first-order valence-electron chi connectivity index (χ1n) is 4.45. The van der Waals surface area contributed by atoms with E-state index in [1.165, 1.54) is 6.42 Å². The van der Waals surface area contributed by atoms with Gasteiger partial charge in [-0.15, -0.1) is 0 Å². The van der Waals surface area contributed by atoms with E-state index in [9.17, 15) is 0 Å². The van der Waals surface area contributed by atoms with Crippen LogP contribution in [-0.2, 0) is 6.61 Å². The lowest BCUT2D eigenvalue weighted by molar-refractivity contribution is 0.221. The maximum atomic E-state index is 8.75. The van der Waals surface area contributed by atoms with Crippen molar-refractivity contribution in [3.8, 4) is 0 Å². The molecule has 2 heterocycles. The molecule has 5 nitrogen and oxygen atoms in total. The molecule has 0 amide bonds. The van der Waals surface area contributed by atoms with E-state index in [1.54, 1.807) is 0 Å². The van der Waals surface area contributed by atoms with Crippen LogP contribution in [0.15, 0.2) is 4.52 Å². The van der Waals surface area contributed by atoms with Crippen LogP contribution in [0.25, 0.3) is 0 Å². The summed E-state index contributed by atoms with van der Waals surface area (Å²) in [4.78, 5) is 6.29. The molecule has 1 N–H and O–H groups in total. The van der Waals surface area contributed by atoms with Gasteiger partial charge >= 0.3 is 0 Å². The lowest BCUT2D eigenvalue weighted by atomic mass is 10.2. The van der Waals surface area contributed by atoms with Gasteiger partial charge in [0.25, 0.3) is 5.89 Å². The monoisotopic (exact) mass is 183 g/mol. The van der Waals surface area contributed by atoms with Gasteiger partial charge in [-0.25, -0.2) is 0 Å². The molecule has 1 aromatic rings. The Kier molecular flexibility index (Phi) is 2.28. The molecule has 0 bridgehead atoms. The second-order valence-corrected chi connectivity index (χ2v) is 3.34. The molecule has 0 aliphatic carbocycles. The van der Waals surface area contributed by atoms with Gasteiger partial charge in [-0.1, -0.05) is 5.16 Å². The number of aliphatic hydroxyl groups is 1. The number of aromatic nitrogens is 2. The number of nitrogens with zero attached hydrogens (tertiary/aromatic N) is 3. The van der Waals surface area contributed by atoms with Crippen LogP contribution in [0.5, 0.6) is 0 Å². The van der Waals surface area contributed by atoms with Crippen molar-refractivity contribution in [2.45, 2.75) is 25.5 Å². The zero-order chi connectivity index (χ0) is 9.26. The molecule has 1 aromatic heterocycles. The Morgan fingerprint density at radius 3 is 3.08 bits per heavy atom. The van der Waals surface area contributed by atoms with E-state index in [-0.39, 0.29) is 12.6 Å². The minimum absolute atomic E-state index is 0.177. The molecule has 0 spiro atoms. The van der Waals surface area contributed by atoms with Crippen molar-refractivity contribution in [3.63, 3.8) is 0 Å². The van der Waals surface area contributed by atoms with Crippen LogP contribution in [0.3, 0.4) is 0 Å². The highest BCUT2D eigenvalue weighted by molar-refractivity contribution is 4.96. The average Bonchev–Trinajstić information content (AvgIpc) is 2.71. The summed E-state index contributed by atoms with van der Waals surface area (Å²) in [6.07, 6.45) is 2.24. The Labute approximate surface area is 76.4 Å². The Bertz CT molecular complexity index is 287. The SMILES string of the molecule is CN1CCCC1c1noc(CO)n1. The van der Waals surface area contributed by atoms with Crippen LogP contribution < -0.4 is 0 Å². The van der Waals surface area contributed by atoms with Crippen molar-refractivity contribution in [1.82, 2.24) is 15.0 Å². The number of likely N-dealkylation sites (tertiary alicyclic amines) is 1. The van der Waals surface area contributed by atoms with Crippen LogP contribution >= 0.6 is 0 Å². The largest absolute Gasteiger partial charge is 0.387 e. The molecule has 0 radical (unpaired) electrons. The first kappa shape index (κ1) is 8.65. The van der Waals surface area contributed by atoms with Gasteiger partial charge in [0, 0.05) is 0 Å². The Hall–Kier alpha value is -0.940. The summed E-state index contributed by atoms with van der Waals surface area (Å²) in [5.74, 6) is 0.999. The molecular weight excluding hydrogens is 170 g/mol. The molecule has 0 aromatic carbocycles. The van der Waals surface area contributed by atoms with E-state index < -0.39 is 0 Å². The van der Waals surface area contributed by atoms with Crippen molar-refractivity contribution in [3.05, 3.63) is 11.7 Å². The summed E-state index contributed by atoms with van der Waals surface area (Å²) in [6, 6.07) is 0.268. The normalized spacial score (nSPS) is 24.0. The number of rotatable bonds is 2. The van der Waals surface area contributed by atoms with Crippen molar-refractivity contribution in [2.24, 2.45) is 0 Å². The summed E-state index contributed by atoms with van der Waals surface area (Å²) < 4.78 is 4.84. The average molecular weight is 183 g/mol. The number of hydrogen-bond acceptors (Lipinski definition) is 5. The van der Waals surface area contributed by atoms with Gasteiger partial charge in [0.15, 0.2) is 5.82 Å². The highest BCUT2D eigenvalue weighted by atomic mass is 16.5. The lowest BCUT2D eigenvalue weighted by Crippen LogP contribution is -2.18. The molecule has 5 heteroatoms. The molecule has 72 valence electrons. The Morgan fingerprint density at radius 2 is 2.54 bits per heavy atom. The minimum Gasteiger partial charge on any atom is -0.387 e. The maximum absolute atomic E-state index is 8.75. The van der Waals surface area contributed by atoms with E-state index in [0.29, 0.717) is 11.7 Å². The van der Waals surface area contributed by atoms with Crippen LogP contribution in [-0.4, -0.2) is 33.7 Å². The van der Waals surface area contributed by atoms with E-state index in [1.807, 2.05) is 7.05 Å². The molecule has 1 unspecified atom stereocenters. The summed E-state index contributed by atoms with van der Waals surface area (Å²) in [7, 11) is 2.05. The predicted molar refractivity (Wildman–Crippen MR) is 44.8 cm³/mol. The predicted octanol–water partition coefficient (Wildman–Crippen LogP) is 0.329. The zero-order valence-corrected chi connectivity index (χ0v) is 7.60. The number of hydrogen-bond donors (Lipinski definition) is 1. The highest BCUT2D eigenvalue weighted by Gasteiger charge is 2.26. The smallest absolute Gasteiger partial charge is 0.252 e. The topological polar surface area (TPSA) is 62.4 Å². The van der Waals surface area contributed by atoms with Gasteiger partial charge < -0.3 is 9.63 Å². The standard InChI is InChI=1S/C8H13N3O2/c1-11-4-2-3-6(11)8-9-7(5-12)13-10-8/h6,12H,2-5H2,1H3. The Balaban J connectivity index is 2.15. The first-order valence-corrected chi connectivity index (χ1v) is 4.45. The molecule has 2 rings (SSSR count). The fourth-order valence-electron chi connectivity index (χ4n) is 1.70. The van der Waals surface area contributed by atoms with Gasteiger partial charge in [-0.2, -0.15) is 4.98 Å². The van der Waals surface area contributed by atoms with Crippen molar-refractivity contribution in [2.75, 3.05) is 13.6 Å². The molecule has 1 fully saturated rings. The molecule has 0 saturated carbocycles. The van der Waals surface area contributed by atoms with E-state index in [2.05, 4.69) is 15.0 Å². The van der Waals surface area contributed by atoms with Gasteiger partial charge in [-0.05, 0) is 26.4 Å². The van der Waals surface area contributed by atoms with E-state index in [0.717, 1.165) is 13.0 Å². The zero-order valence-electron chi connectivity index (χ0n) is 7.60. The van der Waals surface area contributed by atoms with Gasteiger partial charge in [0.2, 0.25) is 0 Å². The van der Waals surface area contributed by atoms with Crippen LogP contribution in [0, 0.1) is 0 Å². The summed E-state index contributed by atoms with van der Waals surface area (Å²) in [5.41, 5.74) is 0. The van der Waals surface area contributed by atoms with E-state index >= 15 is 0 Å². The molecule has 13 heavy (non-hydrogen) atoms. The first-order chi connectivity index (χ1) is 6.31. The summed E-state index contributed by atoms with van der Waals surface area (Å²) in [6.45, 7) is 0.900. The summed E-state index contributed by atoms with van der Waals surface area (Å²) in [5, 5.41) is 12.6. The van der Waals surface area contributed by atoms with Crippen LogP contribution in [0.2, 0.25) is 0 Å². The fraction of sp³-hybridized carbons (Fsp3) is 0.750. The van der Waals surface area contributed by atoms with Crippen LogP contribution in [0.1, 0.15) is 30.6 Å². The molecule has 1 aliphatic rings. The van der Waals surface area contributed by atoms with Gasteiger partial charge in [0.1, 0.15) is 6.61 Å². The van der Waals surface area contributed by atoms with Gasteiger partial charge in [-0.3, -0.25) is 4.90 Å². The van der Waals surface area contributed by atoms with Crippen molar-refractivity contribution in [1.29, 1.82) is 0 Å².